The molecule has 0 bridgehead atoms. The van der Waals surface area contributed by atoms with Gasteiger partial charge in [0.1, 0.15) is 0 Å². The second kappa shape index (κ2) is 10.5. The third-order valence-corrected chi connectivity index (χ3v) is 7.97. The highest BCUT2D eigenvalue weighted by atomic mass is 32.2. The van der Waals surface area contributed by atoms with Crippen molar-refractivity contribution in [3.63, 3.8) is 0 Å². The summed E-state index contributed by atoms with van der Waals surface area (Å²) in [5.41, 5.74) is 2.88. The molecule has 9 heteroatoms. The van der Waals surface area contributed by atoms with E-state index in [4.69, 9.17) is 5.41 Å². The maximum Gasteiger partial charge on any atom is 0.244 e. The van der Waals surface area contributed by atoms with Crippen LogP contribution in [0.15, 0.2) is 88.8 Å². The fourth-order valence-electron chi connectivity index (χ4n) is 4.18. The van der Waals surface area contributed by atoms with Crippen LogP contribution in [0.3, 0.4) is 0 Å². The molecule has 3 aromatic carbocycles. The second-order valence-corrected chi connectivity index (χ2v) is 9.99. The summed E-state index contributed by atoms with van der Waals surface area (Å²) in [4.78, 5) is 6.69. The normalized spacial score (nSPS) is 17.0. The van der Waals surface area contributed by atoms with E-state index in [0.29, 0.717) is 24.6 Å². The van der Waals surface area contributed by atoms with E-state index >= 15 is 0 Å². The Morgan fingerprint density at radius 2 is 1.74 bits per heavy atom. The Hall–Kier alpha value is -4.00. The average Bonchev–Trinajstić information content (AvgIpc) is 2.89. The van der Waals surface area contributed by atoms with Crippen molar-refractivity contribution in [2.45, 2.75) is 17.9 Å². The van der Waals surface area contributed by atoms with Gasteiger partial charge in [0.05, 0.1) is 16.6 Å². The van der Waals surface area contributed by atoms with Gasteiger partial charge in [-0.3, -0.25) is 5.32 Å². The molecule has 178 valence electrons. The maximum atomic E-state index is 13.8. The Morgan fingerprint density at radius 1 is 1.06 bits per heavy atom. The molecular weight excluding hydrogens is 460 g/mol. The molecule has 4 rings (SSSR count). The van der Waals surface area contributed by atoms with E-state index in [9.17, 15) is 13.7 Å². The van der Waals surface area contributed by atoms with Crippen molar-refractivity contribution in [1.82, 2.24) is 14.5 Å². The van der Waals surface area contributed by atoms with Crippen molar-refractivity contribution in [3.05, 3.63) is 95.6 Å². The molecule has 3 aromatic rings. The zero-order valence-corrected chi connectivity index (χ0v) is 20.1. The topological polar surface area (TPSA) is 113 Å². The molecule has 0 radical (unpaired) electrons. The van der Waals surface area contributed by atoms with Gasteiger partial charge in [-0.2, -0.15) is 9.57 Å². The highest BCUT2D eigenvalue weighted by molar-refractivity contribution is 7.89. The predicted octanol–water partition coefficient (Wildman–Crippen LogP) is 3.80. The van der Waals surface area contributed by atoms with E-state index in [0.717, 1.165) is 23.0 Å². The van der Waals surface area contributed by atoms with Crippen LogP contribution in [-0.4, -0.2) is 49.4 Å². The van der Waals surface area contributed by atoms with E-state index in [1.54, 1.807) is 18.2 Å². The molecule has 0 spiro atoms. The van der Waals surface area contributed by atoms with Gasteiger partial charge in [0, 0.05) is 31.4 Å². The number of benzene rings is 3. The van der Waals surface area contributed by atoms with Crippen molar-refractivity contribution in [3.8, 4) is 6.19 Å². The minimum absolute atomic E-state index is 0.105. The van der Waals surface area contributed by atoms with Gasteiger partial charge in [-0.25, -0.2) is 13.4 Å². The summed E-state index contributed by atoms with van der Waals surface area (Å²) in [6.07, 6.45) is 3.02. The number of hydrogen-bond acceptors (Lipinski definition) is 5. The first kappa shape index (κ1) is 24.1. The lowest BCUT2D eigenvalue weighted by atomic mass is 10.0. The summed E-state index contributed by atoms with van der Waals surface area (Å²) in [5.74, 6) is 0.375. The van der Waals surface area contributed by atoms with Crippen LogP contribution in [0.2, 0.25) is 0 Å². The summed E-state index contributed by atoms with van der Waals surface area (Å²) < 4.78 is 29.1. The van der Waals surface area contributed by atoms with Gasteiger partial charge in [0.25, 0.3) is 0 Å². The van der Waals surface area contributed by atoms with E-state index in [-0.39, 0.29) is 11.4 Å². The minimum Gasteiger partial charge on any atom is -0.339 e. The van der Waals surface area contributed by atoms with Crippen LogP contribution in [0.25, 0.3) is 0 Å². The van der Waals surface area contributed by atoms with Crippen molar-refractivity contribution < 1.29 is 8.42 Å². The van der Waals surface area contributed by atoms with Gasteiger partial charge in [-0.05, 0) is 30.2 Å². The van der Waals surface area contributed by atoms with Crippen molar-refractivity contribution >= 4 is 27.9 Å². The number of rotatable bonds is 5. The standard InChI is InChI=1S/C26H26N6O2S/c1-20-9-5-7-13-23(20)30-26(29-19-28)31-15-16-32(24(18-31)21-10-3-2-4-11-21)35(33,34)25-14-8-6-12-22(25)17-27/h2-14,17,24,27H,15-16,18H2,1H3,(H,29,30). The van der Waals surface area contributed by atoms with Crippen molar-refractivity contribution in [2.75, 3.05) is 19.6 Å². The Balaban J connectivity index is 1.74. The number of nitriles is 1. The van der Waals surface area contributed by atoms with Gasteiger partial charge in [0.15, 0.2) is 6.19 Å². The quantitative estimate of drug-likeness (QED) is 0.247. The molecule has 1 aliphatic heterocycles. The highest BCUT2D eigenvalue weighted by Gasteiger charge is 2.38. The van der Waals surface area contributed by atoms with Crippen LogP contribution in [0.5, 0.6) is 0 Å². The summed E-state index contributed by atoms with van der Waals surface area (Å²) in [6.45, 7) is 2.78. The van der Waals surface area contributed by atoms with E-state index < -0.39 is 16.1 Å². The van der Waals surface area contributed by atoms with Crippen LogP contribution >= 0.6 is 0 Å². The Bertz CT molecular complexity index is 1380. The monoisotopic (exact) mass is 486 g/mol. The SMILES string of the molecule is Cc1ccccc1N=C(NC#N)N1CCN(S(=O)(=O)c2ccccc2C=N)C(c2ccccc2)C1. The molecule has 0 saturated carbocycles. The zero-order valence-electron chi connectivity index (χ0n) is 19.3. The molecule has 8 nitrogen and oxygen atoms in total. The first-order chi connectivity index (χ1) is 17.0. The maximum absolute atomic E-state index is 13.8. The number of aliphatic imine (C=N–C) groups is 1. The first-order valence-electron chi connectivity index (χ1n) is 11.2. The molecule has 0 amide bonds. The molecule has 1 aliphatic rings. The van der Waals surface area contributed by atoms with Crippen LogP contribution < -0.4 is 5.32 Å². The number of aryl methyl sites for hydroxylation is 1. The zero-order chi connectivity index (χ0) is 24.8. The molecule has 2 N–H and O–H groups in total. The van der Waals surface area contributed by atoms with Gasteiger partial charge < -0.3 is 10.3 Å². The van der Waals surface area contributed by atoms with Crippen LogP contribution in [0.4, 0.5) is 5.69 Å². The second-order valence-electron chi connectivity index (χ2n) is 8.13. The lowest BCUT2D eigenvalue weighted by Gasteiger charge is -2.41. The van der Waals surface area contributed by atoms with Gasteiger partial charge >= 0.3 is 0 Å². The fourth-order valence-corrected chi connectivity index (χ4v) is 5.96. The van der Waals surface area contributed by atoms with E-state index in [1.807, 2.05) is 72.6 Å². The van der Waals surface area contributed by atoms with Gasteiger partial charge in [0.2, 0.25) is 16.0 Å². The lowest BCUT2D eigenvalue weighted by molar-refractivity contribution is 0.192. The molecule has 1 unspecified atom stereocenters. The average molecular weight is 487 g/mol. The fraction of sp³-hybridized carbons (Fsp3) is 0.192. The molecule has 0 aliphatic carbocycles. The van der Waals surface area contributed by atoms with Crippen LogP contribution in [0.1, 0.15) is 22.7 Å². The summed E-state index contributed by atoms with van der Waals surface area (Å²) in [6, 6.07) is 23.1. The molecule has 1 heterocycles. The number of nitrogens with one attached hydrogen (secondary N) is 2. The molecule has 1 fully saturated rings. The summed E-state index contributed by atoms with van der Waals surface area (Å²) in [5, 5.41) is 19.8. The third kappa shape index (κ3) is 5.09. The minimum atomic E-state index is -3.90. The first-order valence-corrected chi connectivity index (χ1v) is 12.6. The van der Waals surface area contributed by atoms with Crippen molar-refractivity contribution in [2.24, 2.45) is 4.99 Å². The highest BCUT2D eigenvalue weighted by Crippen LogP contribution is 2.32. The summed E-state index contributed by atoms with van der Waals surface area (Å²) >= 11 is 0. The lowest BCUT2D eigenvalue weighted by Crippen LogP contribution is -2.54. The van der Waals surface area contributed by atoms with E-state index in [1.165, 1.54) is 10.4 Å². The number of nitrogens with zero attached hydrogens (tertiary/aromatic N) is 4. The van der Waals surface area contributed by atoms with Gasteiger partial charge in [-0.1, -0.05) is 66.7 Å². The molecule has 35 heavy (non-hydrogen) atoms. The molecule has 1 saturated heterocycles. The number of guanidine groups is 1. The Labute approximate surface area is 205 Å². The Morgan fingerprint density at radius 3 is 2.46 bits per heavy atom. The number of hydrogen-bond donors (Lipinski definition) is 2. The predicted molar refractivity (Wildman–Crippen MR) is 136 cm³/mol. The van der Waals surface area contributed by atoms with Crippen molar-refractivity contribution in [1.29, 1.82) is 10.7 Å². The number of piperazine rings is 1. The van der Waals surface area contributed by atoms with E-state index in [2.05, 4.69) is 10.3 Å². The molecule has 1 atom stereocenters. The molecular formula is C26H26N6O2S. The van der Waals surface area contributed by atoms with Crippen LogP contribution in [-0.2, 0) is 10.0 Å². The summed E-state index contributed by atoms with van der Waals surface area (Å²) in [7, 11) is -3.90. The van der Waals surface area contributed by atoms with Gasteiger partial charge in [-0.15, -0.1) is 0 Å². The number of para-hydroxylation sites is 1. The third-order valence-electron chi connectivity index (χ3n) is 5.99. The van der Waals surface area contributed by atoms with Crippen LogP contribution in [0, 0.1) is 23.8 Å². The molecule has 0 aromatic heterocycles. The Kier molecular flexibility index (Phi) is 7.25. The smallest absolute Gasteiger partial charge is 0.244 e. The largest absolute Gasteiger partial charge is 0.339 e. The number of sulfonamides is 1.